The van der Waals surface area contributed by atoms with E-state index in [4.69, 9.17) is 4.74 Å². The zero-order valence-electron chi connectivity index (χ0n) is 6.08. The predicted molar refractivity (Wildman–Crippen MR) is 44.3 cm³/mol. The van der Waals surface area contributed by atoms with Gasteiger partial charge in [-0.25, -0.2) is 0 Å². The molecule has 1 aromatic heterocycles. The lowest BCUT2D eigenvalue weighted by Crippen LogP contribution is -2.28. The molecule has 0 aromatic carbocycles. The van der Waals surface area contributed by atoms with Gasteiger partial charge in [0, 0.05) is 0 Å². The van der Waals surface area contributed by atoms with Crippen molar-refractivity contribution in [3.63, 3.8) is 0 Å². The van der Waals surface area contributed by atoms with Crippen molar-refractivity contribution in [1.29, 1.82) is 0 Å². The van der Waals surface area contributed by atoms with Gasteiger partial charge in [0.25, 0.3) is 0 Å². The molecule has 60 valence electrons. The van der Waals surface area contributed by atoms with Gasteiger partial charge in [0.05, 0.1) is 17.1 Å². The van der Waals surface area contributed by atoms with Crippen LogP contribution in [-0.4, -0.2) is 6.61 Å². The number of hydrogen-bond acceptors (Lipinski definition) is 2. The lowest BCUT2D eigenvalue weighted by molar-refractivity contribution is -0.613. The van der Waals surface area contributed by atoms with Crippen LogP contribution >= 0.6 is 15.9 Å². The van der Waals surface area contributed by atoms with Gasteiger partial charge in [-0.1, -0.05) is 0 Å². The third-order valence-electron chi connectivity index (χ3n) is 1.14. The molecule has 11 heavy (non-hydrogen) atoms. The van der Waals surface area contributed by atoms with Gasteiger partial charge in [0.2, 0.25) is 0 Å². The summed E-state index contributed by atoms with van der Waals surface area (Å²) in [6, 6.07) is 3.39. The van der Waals surface area contributed by atoms with Crippen molar-refractivity contribution in [3.8, 4) is 5.88 Å². The third kappa shape index (κ3) is 2.08. The molecule has 1 rings (SSSR count). The summed E-state index contributed by atoms with van der Waals surface area (Å²) >= 11 is 3.17. The molecule has 0 atom stereocenters. The maximum atomic E-state index is 11.0. The van der Waals surface area contributed by atoms with E-state index in [1.54, 1.807) is 12.1 Å². The van der Waals surface area contributed by atoms with Gasteiger partial charge in [-0.05, 0) is 28.9 Å². The number of halogens is 1. The molecule has 0 fully saturated rings. The summed E-state index contributed by atoms with van der Waals surface area (Å²) in [7, 11) is 0. The molecule has 0 radical (unpaired) electrons. The Morgan fingerprint density at radius 3 is 2.91 bits per heavy atom. The van der Waals surface area contributed by atoms with Gasteiger partial charge in [0.1, 0.15) is 0 Å². The second-order valence-corrected chi connectivity index (χ2v) is 2.86. The fourth-order valence-corrected chi connectivity index (χ4v) is 1.02. The minimum absolute atomic E-state index is 0.329. The summed E-state index contributed by atoms with van der Waals surface area (Å²) in [4.78, 5) is 0. The van der Waals surface area contributed by atoms with Crippen molar-refractivity contribution >= 4 is 15.9 Å². The highest BCUT2D eigenvalue weighted by atomic mass is 79.9. The van der Waals surface area contributed by atoms with E-state index in [9.17, 15) is 5.21 Å². The molecule has 4 heteroatoms. The molecule has 0 spiro atoms. The zero-order chi connectivity index (χ0) is 8.27. The first-order valence-electron chi connectivity index (χ1n) is 3.25. The average Bonchev–Trinajstić information content (AvgIpc) is 1.95. The number of ether oxygens (including phenoxy) is 1. The van der Waals surface area contributed by atoms with Crippen LogP contribution in [0, 0.1) is 5.21 Å². The normalized spacial score (nSPS) is 9.64. The molecule has 3 nitrogen and oxygen atoms in total. The molecular formula is C7H8BrNO2. The van der Waals surface area contributed by atoms with Gasteiger partial charge in [0.15, 0.2) is 6.20 Å². The summed E-state index contributed by atoms with van der Waals surface area (Å²) in [5.41, 5.74) is 0. The van der Waals surface area contributed by atoms with Crippen LogP contribution in [0.15, 0.2) is 22.8 Å². The molecule has 0 aliphatic rings. The van der Waals surface area contributed by atoms with Gasteiger partial charge in [-0.2, -0.15) is 0 Å². The van der Waals surface area contributed by atoms with Crippen LogP contribution in [0.5, 0.6) is 5.88 Å². The highest BCUT2D eigenvalue weighted by Crippen LogP contribution is 2.09. The molecule has 0 aliphatic heterocycles. The average molecular weight is 218 g/mol. The molecule has 0 saturated carbocycles. The van der Waals surface area contributed by atoms with Crippen molar-refractivity contribution in [3.05, 3.63) is 28.0 Å². The smallest absolute Gasteiger partial charge is 0.379 e. The lowest BCUT2D eigenvalue weighted by Gasteiger charge is -2.03. The van der Waals surface area contributed by atoms with E-state index < -0.39 is 0 Å². The fourth-order valence-electron chi connectivity index (χ4n) is 0.703. The summed E-state index contributed by atoms with van der Waals surface area (Å²) in [6.45, 7) is 2.34. The summed E-state index contributed by atoms with van der Waals surface area (Å²) in [5.74, 6) is 0.329. The molecule has 0 unspecified atom stereocenters. The molecule has 0 N–H and O–H groups in total. The van der Waals surface area contributed by atoms with Crippen LogP contribution in [-0.2, 0) is 0 Å². The lowest BCUT2D eigenvalue weighted by atomic mass is 10.5. The Balaban J connectivity index is 2.90. The van der Waals surface area contributed by atoms with Crippen LogP contribution in [0.4, 0.5) is 0 Å². The maximum absolute atomic E-state index is 11.0. The van der Waals surface area contributed by atoms with Crippen LogP contribution in [0.3, 0.4) is 0 Å². The highest BCUT2D eigenvalue weighted by molar-refractivity contribution is 9.10. The van der Waals surface area contributed by atoms with E-state index in [0.29, 0.717) is 17.2 Å². The Bertz CT molecular complexity index is 252. The van der Waals surface area contributed by atoms with Crippen molar-refractivity contribution in [2.75, 3.05) is 6.61 Å². The Hall–Kier alpha value is -0.770. The first-order valence-corrected chi connectivity index (χ1v) is 4.05. The first kappa shape index (κ1) is 8.33. The quantitative estimate of drug-likeness (QED) is 0.556. The van der Waals surface area contributed by atoms with E-state index in [-0.39, 0.29) is 0 Å². The van der Waals surface area contributed by atoms with Crippen molar-refractivity contribution in [1.82, 2.24) is 0 Å². The zero-order valence-corrected chi connectivity index (χ0v) is 7.67. The number of hydrogen-bond donors (Lipinski definition) is 0. The standard InChI is InChI=1S/C7H8BrNO2/c1-2-11-7-4-3-6(8)5-9(7)10/h3-5H,2H2,1H3. The monoisotopic (exact) mass is 217 g/mol. The Kier molecular flexibility index (Phi) is 2.70. The van der Waals surface area contributed by atoms with E-state index in [1.165, 1.54) is 6.20 Å². The van der Waals surface area contributed by atoms with E-state index in [1.807, 2.05) is 6.92 Å². The third-order valence-corrected chi connectivity index (χ3v) is 1.60. The Labute approximate surface area is 73.3 Å². The molecule has 1 aromatic rings. The predicted octanol–water partition coefficient (Wildman–Crippen LogP) is 1.48. The maximum Gasteiger partial charge on any atom is 0.379 e. The van der Waals surface area contributed by atoms with Crippen LogP contribution in [0.1, 0.15) is 6.92 Å². The van der Waals surface area contributed by atoms with E-state index in [0.717, 1.165) is 4.47 Å². The molecule has 0 aliphatic carbocycles. The Morgan fingerprint density at radius 1 is 1.64 bits per heavy atom. The topological polar surface area (TPSA) is 36.2 Å². The summed E-state index contributed by atoms with van der Waals surface area (Å²) in [6.07, 6.45) is 1.41. The van der Waals surface area contributed by atoms with Gasteiger partial charge < -0.3 is 9.94 Å². The molecule has 0 bridgehead atoms. The summed E-state index contributed by atoms with van der Waals surface area (Å²) in [5, 5.41) is 11.0. The van der Waals surface area contributed by atoms with Crippen LogP contribution in [0.25, 0.3) is 0 Å². The Morgan fingerprint density at radius 2 is 2.36 bits per heavy atom. The molecule has 0 amide bonds. The number of nitrogens with zero attached hydrogens (tertiary/aromatic N) is 1. The van der Waals surface area contributed by atoms with Gasteiger partial charge >= 0.3 is 5.88 Å². The number of aromatic nitrogens is 1. The van der Waals surface area contributed by atoms with E-state index in [2.05, 4.69) is 15.9 Å². The second kappa shape index (κ2) is 3.57. The van der Waals surface area contributed by atoms with Crippen LogP contribution < -0.4 is 9.47 Å². The molecule has 1 heterocycles. The van der Waals surface area contributed by atoms with Crippen LogP contribution in [0.2, 0.25) is 0 Å². The highest BCUT2D eigenvalue weighted by Gasteiger charge is 2.04. The van der Waals surface area contributed by atoms with Gasteiger partial charge in [-0.15, -0.1) is 4.73 Å². The van der Waals surface area contributed by atoms with Crippen molar-refractivity contribution < 1.29 is 9.47 Å². The van der Waals surface area contributed by atoms with Crippen molar-refractivity contribution in [2.24, 2.45) is 0 Å². The minimum atomic E-state index is 0.329. The largest absolute Gasteiger partial charge is 0.616 e. The fraction of sp³-hybridized carbons (Fsp3) is 0.286. The molecule has 0 saturated heterocycles. The van der Waals surface area contributed by atoms with Crippen molar-refractivity contribution in [2.45, 2.75) is 6.92 Å². The molecular weight excluding hydrogens is 210 g/mol. The van der Waals surface area contributed by atoms with Gasteiger partial charge in [-0.3, -0.25) is 0 Å². The SMILES string of the molecule is CCOc1ccc(Br)c[n+]1[O-]. The number of rotatable bonds is 2. The number of pyridine rings is 1. The second-order valence-electron chi connectivity index (χ2n) is 1.94. The minimum Gasteiger partial charge on any atom is -0.616 e. The first-order chi connectivity index (χ1) is 5.24. The van der Waals surface area contributed by atoms with E-state index >= 15 is 0 Å². The summed E-state index contributed by atoms with van der Waals surface area (Å²) < 4.78 is 6.46.